The van der Waals surface area contributed by atoms with E-state index in [9.17, 15) is 0 Å². The molecule has 0 saturated heterocycles. The fourth-order valence-corrected chi connectivity index (χ4v) is 2.80. The van der Waals surface area contributed by atoms with E-state index in [2.05, 4.69) is 47.5 Å². The van der Waals surface area contributed by atoms with E-state index in [1.165, 1.54) is 5.56 Å². The molecule has 0 atom stereocenters. The van der Waals surface area contributed by atoms with Crippen molar-refractivity contribution in [3.8, 4) is 11.4 Å². The van der Waals surface area contributed by atoms with Crippen LogP contribution in [0.1, 0.15) is 31.2 Å². The summed E-state index contributed by atoms with van der Waals surface area (Å²) in [5.74, 6) is 1.71. The third-order valence-electron chi connectivity index (χ3n) is 3.26. The third kappa shape index (κ3) is 3.13. The summed E-state index contributed by atoms with van der Waals surface area (Å²) in [6.07, 6.45) is 0. The maximum absolute atomic E-state index is 5.29. The van der Waals surface area contributed by atoms with Gasteiger partial charge in [-0.25, -0.2) is 0 Å². The molecule has 3 rings (SSSR count). The summed E-state index contributed by atoms with van der Waals surface area (Å²) in [7, 11) is 0. The third-order valence-corrected chi connectivity index (χ3v) is 3.94. The first kappa shape index (κ1) is 13.8. The Morgan fingerprint density at radius 2 is 2.10 bits per heavy atom. The van der Waals surface area contributed by atoms with Crippen molar-refractivity contribution in [3.05, 3.63) is 52.5 Å². The molecular formula is C16H17N3OS. The van der Waals surface area contributed by atoms with E-state index >= 15 is 0 Å². The molecule has 0 spiro atoms. The Kier molecular flexibility index (Phi) is 4.01. The van der Waals surface area contributed by atoms with Gasteiger partial charge in [-0.1, -0.05) is 37.2 Å². The minimum Gasteiger partial charge on any atom is -0.376 e. The highest BCUT2D eigenvalue weighted by molar-refractivity contribution is 7.08. The van der Waals surface area contributed by atoms with Crippen LogP contribution in [-0.2, 0) is 6.54 Å². The quantitative estimate of drug-likeness (QED) is 0.751. The van der Waals surface area contributed by atoms with E-state index in [1.54, 1.807) is 11.3 Å². The van der Waals surface area contributed by atoms with E-state index in [0.29, 0.717) is 24.2 Å². The number of anilines is 1. The van der Waals surface area contributed by atoms with Crippen LogP contribution >= 0.6 is 11.3 Å². The molecule has 0 fully saturated rings. The van der Waals surface area contributed by atoms with Crippen LogP contribution in [0.25, 0.3) is 11.4 Å². The van der Waals surface area contributed by atoms with Gasteiger partial charge >= 0.3 is 0 Å². The van der Waals surface area contributed by atoms with Gasteiger partial charge in [0.15, 0.2) is 0 Å². The van der Waals surface area contributed by atoms with Gasteiger partial charge in [0.25, 0.3) is 0 Å². The Morgan fingerprint density at radius 3 is 2.86 bits per heavy atom. The summed E-state index contributed by atoms with van der Waals surface area (Å²) in [6, 6.07) is 10.3. The number of rotatable bonds is 5. The number of nitrogens with zero attached hydrogens (tertiary/aromatic N) is 2. The molecule has 0 amide bonds. The summed E-state index contributed by atoms with van der Waals surface area (Å²) in [4.78, 5) is 4.41. The molecule has 3 aromatic rings. The molecule has 0 aliphatic heterocycles. The minimum absolute atomic E-state index is 0.470. The lowest BCUT2D eigenvalue weighted by Crippen LogP contribution is -2.03. The van der Waals surface area contributed by atoms with Crippen molar-refractivity contribution in [2.45, 2.75) is 26.3 Å². The van der Waals surface area contributed by atoms with Gasteiger partial charge in [0.1, 0.15) is 0 Å². The van der Waals surface area contributed by atoms with E-state index in [4.69, 9.17) is 4.52 Å². The highest BCUT2D eigenvalue weighted by Gasteiger charge is 2.10. The number of nitrogens with one attached hydrogen (secondary N) is 1. The monoisotopic (exact) mass is 299 g/mol. The van der Waals surface area contributed by atoms with Crippen LogP contribution < -0.4 is 5.32 Å². The molecule has 4 nitrogen and oxygen atoms in total. The van der Waals surface area contributed by atoms with Crippen molar-refractivity contribution in [3.63, 3.8) is 0 Å². The molecule has 0 aliphatic rings. The minimum atomic E-state index is 0.470. The second-order valence-electron chi connectivity index (χ2n) is 5.12. The van der Waals surface area contributed by atoms with Crippen LogP contribution in [0.15, 0.2) is 45.6 Å². The van der Waals surface area contributed by atoms with Crippen LogP contribution in [0.3, 0.4) is 0 Å². The molecule has 0 bridgehead atoms. The summed E-state index contributed by atoms with van der Waals surface area (Å²) < 4.78 is 5.29. The van der Waals surface area contributed by atoms with Crippen LogP contribution in [0, 0.1) is 0 Å². The van der Waals surface area contributed by atoms with Gasteiger partial charge in [-0.05, 0) is 29.0 Å². The molecule has 0 aliphatic carbocycles. The fraction of sp³-hybridized carbons (Fsp3) is 0.250. The smallest absolute Gasteiger partial charge is 0.246 e. The van der Waals surface area contributed by atoms with Crippen molar-refractivity contribution < 1.29 is 4.52 Å². The Labute approximate surface area is 127 Å². The molecule has 0 unspecified atom stereocenters. The van der Waals surface area contributed by atoms with Gasteiger partial charge < -0.3 is 9.84 Å². The second-order valence-corrected chi connectivity index (χ2v) is 5.90. The first-order valence-corrected chi connectivity index (χ1v) is 7.86. The lowest BCUT2D eigenvalue weighted by atomic mass is 10.0. The van der Waals surface area contributed by atoms with Gasteiger partial charge in [-0.3, -0.25) is 0 Å². The van der Waals surface area contributed by atoms with Gasteiger partial charge in [0.05, 0.1) is 6.54 Å². The standard InChI is InChI=1S/C16H17N3OS/c1-11(2)13-5-3-4-6-14(13)17-9-15-18-16(19-20-15)12-7-8-21-10-12/h3-8,10-11,17H,9H2,1-2H3. The summed E-state index contributed by atoms with van der Waals surface area (Å²) >= 11 is 1.62. The summed E-state index contributed by atoms with van der Waals surface area (Å²) in [5.41, 5.74) is 3.40. The van der Waals surface area contributed by atoms with Crippen molar-refractivity contribution >= 4 is 17.0 Å². The Morgan fingerprint density at radius 1 is 1.24 bits per heavy atom. The summed E-state index contributed by atoms with van der Waals surface area (Å²) in [6.45, 7) is 4.89. The van der Waals surface area contributed by atoms with Crippen LogP contribution in [0.4, 0.5) is 5.69 Å². The topological polar surface area (TPSA) is 51.0 Å². The number of hydrogen-bond acceptors (Lipinski definition) is 5. The molecule has 2 heterocycles. The zero-order valence-electron chi connectivity index (χ0n) is 12.0. The molecule has 1 aromatic carbocycles. The maximum atomic E-state index is 5.29. The maximum Gasteiger partial charge on any atom is 0.246 e. The molecule has 108 valence electrons. The number of hydrogen-bond donors (Lipinski definition) is 1. The van der Waals surface area contributed by atoms with Crippen molar-refractivity contribution in [2.75, 3.05) is 5.32 Å². The van der Waals surface area contributed by atoms with Gasteiger partial charge in [-0.2, -0.15) is 16.3 Å². The predicted molar refractivity (Wildman–Crippen MR) is 85.5 cm³/mol. The molecule has 21 heavy (non-hydrogen) atoms. The van der Waals surface area contributed by atoms with E-state index in [1.807, 2.05) is 22.9 Å². The Balaban J connectivity index is 1.71. The van der Waals surface area contributed by atoms with Crippen LogP contribution in [-0.4, -0.2) is 10.1 Å². The molecule has 0 radical (unpaired) electrons. The first-order chi connectivity index (χ1) is 10.2. The van der Waals surface area contributed by atoms with Crippen molar-refractivity contribution in [1.82, 2.24) is 10.1 Å². The van der Waals surface area contributed by atoms with Gasteiger partial charge in [0.2, 0.25) is 11.7 Å². The average Bonchev–Trinajstić information content (AvgIpc) is 3.16. The lowest BCUT2D eigenvalue weighted by Gasteiger charge is -2.13. The summed E-state index contributed by atoms with van der Waals surface area (Å²) in [5, 5.41) is 11.4. The first-order valence-electron chi connectivity index (χ1n) is 6.92. The number of para-hydroxylation sites is 1. The highest BCUT2D eigenvalue weighted by Crippen LogP contribution is 2.24. The van der Waals surface area contributed by atoms with Gasteiger partial charge in [-0.15, -0.1) is 0 Å². The molecule has 1 N–H and O–H groups in total. The molecule has 5 heteroatoms. The molecule has 2 aromatic heterocycles. The zero-order valence-corrected chi connectivity index (χ0v) is 12.9. The lowest BCUT2D eigenvalue weighted by molar-refractivity contribution is 0.384. The normalized spacial score (nSPS) is 11.0. The van der Waals surface area contributed by atoms with Crippen molar-refractivity contribution in [2.24, 2.45) is 0 Å². The second kappa shape index (κ2) is 6.10. The Bertz CT molecular complexity index is 704. The van der Waals surface area contributed by atoms with Crippen LogP contribution in [0.2, 0.25) is 0 Å². The number of aromatic nitrogens is 2. The van der Waals surface area contributed by atoms with Crippen molar-refractivity contribution in [1.29, 1.82) is 0 Å². The number of benzene rings is 1. The van der Waals surface area contributed by atoms with Crippen LogP contribution in [0.5, 0.6) is 0 Å². The number of thiophene rings is 1. The van der Waals surface area contributed by atoms with E-state index in [0.717, 1.165) is 11.3 Å². The van der Waals surface area contributed by atoms with Gasteiger partial charge in [0, 0.05) is 16.6 Å². The molecular weight excluding hydrogens is 282 g/mol. The Hall–Kier alpha value is -2.14. The average molecular weight is 299 g/mol. The zero-order chi connectivity index (χ0) is 14.7. The largest absolute Gasteiger partial charge is 0.376 e. The predicted octanol–water partition coefficient (Wildman–Crippen LogP) is 4.53. The SMILES string of the molecule is CC(C)c1ccccc1NCc1nc(-c2ccsc2)no1. The fourth-order valence-electron chi connectivity index (χ4n) is 2.17. The molecule has 0 saturated carbocycles. The van der Waals surface area contributed by atoms with E-state index < -0.39 is 0 Å². The highest BCUT2D eigenvalue weighted by atomic mass is 32.1. The van der Waals surface area contributed by atoms with E-state index in [-0.39, 0.29) is 0 Å².